The molecular weight excluding hydrogens is 443 g/mol. The van der Waals surface area contributed by atoms with Crippen molar-refractivity contribution >= 4 is 34.8 Å². The zero-order valence-electron chi connectivity index (χ0n) is 18.3. The topological polar surface area (TPSA) is 55.8 Å². The van der Waals surface area contributed by atoms with E-state index in [4.69, 9.17) is 26.2 Å². The second-order valence-electron chi connectivity index (χ2n) is 7.20. The van der Waals surface area contributed by atoms with E-state index in [2.05, 4.69) is 0 Å². The van der Waals surface area contributed by atoms with Crippen LogP contribution in [-0.2, 0) is 9.53 Å². The Morgan fingerprint density at radius 2 is 1.67 bits per heavy atom. The number of benzene rings is 3. The summed E-state index contributed by atoms with van der Waals surface area (Å²) in [4.78, 5) is 10.8. The van der Waals surface area contributed by atoms with Crippen LogP contribution in [0.3, 0.4) is 0 Å². The Morgan fingerprint density at radius 1 is 1.03 bits per heavy atom. The van der Waals surface area contributed by atoms with E-state index in [1.807, 2.05) is 55.5 Å². The number of carboxylic acids is 1. The number of carboxylic acid groups (broad SMARTS) is 1. The third-order valence-electron chi connectivity index (χ3n) is 5.02. The van der Waals surface area contributed by atoms with Crippen molar-refractivity contribution in [1.82, 2.24) is 0 Å². The lowest BCUT2D eigenvalue weighted by molar-refractivity contribution is -0.131. The molecule has 0 aromatic heterocycles. The van der Waals surface area contributed by atoms with E-state index < -0.39 is 11.8 Å². The van der Waals surface area contributed by atoms with Crippen LogP contribution >= 0.6 is 11.6 Å². The Kier molecular flexibility index (Phi) is 8.41. The van der Waals surface area contributed by atoms with Gasteiger partial charge < -0.3 is 14.6 Å². The van der Waals surface area contributed by atoms with Crippen LogP contribution in [0.25, 0.3) is 17.2 Å². The van der Waals surface area contributed by atoms with Gasteiger partial charge in [-0.1, -0.05) is 61.0 Å². The highest BCUT2D eigenvalue weighted by Crippen LogP contribution is 2.38. The maximum Gasteiger partial charge on any atom is 0.328 e. The molecule has 0 atom stereocenters. The van der Waals surface area contributed by atoms with Crippen molar-refractivity contribution in [3.8, 4) is 5.75 Å². The smallest absolute Gasteiger partial charge is 0.328 e. The van der Waals surface area contributed by atoms with Crippen LogP contribution in [0.2, 0.25) is 5.02 Å². The normalized spacial score (nSPS) is 12.0. The fraction of sp³-hybridized carbons (Fsp3) is 0.148. The number of methoxy groups -OCH3 is 1. The fourth-order valence-electron chi connectivity index (χ4n) is 3.52. The van der Waals surface area contributed by atoms with Gasteiger partial charge in [-0.05, 0) is 70.2 Å². The van der Waals surface area contributed by atoms with E-state index in [1.54, 1.807) is 13.2 Å². The van der Waals surface area contributed by atoms with Gasteiger partial charge in [-0.15, -0.1) is 0 Å². The molecule has 6 heteroatoms. The highest BCUT2D eigenvalue weighted by molar-refractivity contribution is 6.32. The highest BCUT2D eigenvalue weighted by Gasteiger charge is 2.16. The molecule has 0 aliphatic rings. The van der Waals surface area contributed by atoms with Crippen molar-refractivity contribution in [1.29, 1.82) is 0 Å². The van der Waals surface area contributed by atoms with Gasteiger partial charge in [0.25, 0.3) is 0 Å². The molecule has 0 bridgehead atoms. The van der Waals surface area contributed by atoms with Crippen LogP contribution in [0.4, 0.5) is 4.39 Å². The van der Waals surface area contributed by atoms with Gasteiger partial charge in [0.15, 0.2) is 6.79 Å². The van der Waals surface area contributed by atoms with Crippen molar-refractivity contribution in [3.63, 3.8) is 0 Å². The Balaban J connectivity index is 2.15. The second-order valence-corrected chi connectivity index (χ2v) is 7.61. The van der Waals surface area contributed by atoms with Gasteiger partial charge in [0.2, 0.25) is 0 Å². The number of halogens is 2. The van der Waals surface area contributed by atoms with Crippen molar-refractivity contribution < 1.29 is 23.8 Å². The predicted molar refractivity (Wildman–Crippen MR) is 130 cm³/mol. The number of hydrogen-bond donors (Lipinski definition) is 1. The summed E-state index contributed by atoms with van der Waals surface area (Å²) in [6.07, 6.45) is 3.29. The average Bonchev–Trinajstić information content (AvgIpc) is 2.81. The van der Waals surface area contributed by atoms with Crippen LogP contribution in [0, 0.1) is 5.82 Å². The van der Waals surface area contributed by atoms with Crippen LogP contribution in [0.5, 0.6) is 5.75 Å². The second kappa shape index (κ2) is 11.5. The third kappa shape index (κ3) is 6.31. The van der Waals surface area contributed by atoms with Crippen molar-refractivity contribution in [2.75, 3.05) is 13.9 Å². The SMILES string of the molecule is CC/C(=C(/c1ccc(/C=C/C(=O)O)cc1)c1ccc(OCOC)cc1)c1ccc(F)cc1Cl. The van der Waals surface area contributed by atoms with Gasteiger partial charge >= 0.3 is 5.97 Å². The lowest BCUT2D eigenvalue weighted by atomic mass is 9.88. The number of rotatable bonds is 9. The Morgan fingerprint density at radius 3 is 2.21 bits per heavy atom. The molecule has 3 aromatic rings. The Hall–Kier alpha value is -3.41. The fourth-order valence-corrected chi connectivity index (χ4v) is 3.81. The van der Waals surface area contributed by atoms with E-state index in [0.29, 0.717) is 17.2 Å². The number of allylic oxidation sites excluding steroid dienone is 1. The highest BCUT2D eigenvalue weighted by atomic mass is 35.5. The molecule has 0 aliphatic carbocycles. The van der Waals surface area contributed by atoms with E-state index in [0.717, 1.165) is 39.5 Å². The number of hydrogen-bond acceptors (Lipinski definition) is 3. The molecular formula is C27H24ClFO4. The molecule has 0 amide bonds. The van der Waals surface area contributed by atoms with E-state index in [9.17, 15) is 9.18 Å². The molecule has 0 aliphatic heterocycles. The minimum Gasteiger partial charge on any atom is -0.478 e. The first-order chi connectivity index (χ1) is 15.9. The molecule has 170 valence electrons. The first-order valence-corrected chi connectivity index (χ1v) is 10.7. The summed E-state index contributed by atoms with van der Waals surface area (Å²) >= 11 is 6.43. The monoisotopic (exact) mass is 466 g/mol. The van der Waals surface area contributed by atoms with E-state index in [1.165, 1.54) is 18.2 Å². The summed E-state index contributed by atoms with van der Waals surface area (Å²) < 4.78 is 24.2. The minimum absolute atomic E-state index is 0.152. The largest absolute Gasteiger partial charge is 0.478 e. The molecule has 0 unspecified atom stereocenters. The van der Waals surface area contributed by atoms with Crippen LogP contribution in [0.1, 0.15) is 35.6 Å². The Bertz CT molecular complexity index is 1170. The van der Waals surface area contributed by atoms with Crippen LogP contribution in [-0.4, -0.2) is 25.0 Å². The summed E-state index contributed by atoms with van der Waals surface area (Å²) in [5, 5.41) is 9.21. The molecule has 0 spiro atoms. The summed E-state index contributed by atoms with van der Waals surface area (Å²) in [5.74, 6) is -0.725. The molecule has 0 radical (unpaired) electrons. The average molecular weight is 467 g/mol. The van der Waals surface area contributed by atoms with Crippen LogP contribution < -0.4 is 4.74 Å². The molecule has 0 heterocycles. The molecule has 3 aromatic carbocycles. The van der Waals surface area contributed by atoms with E-state index in [-0.39, 0.29) is 6.79 Å². The zero-order chi connectivity index (χ0) is 23.8. The first-order valence-electron chi connectivity index (χ1n) is 10.3. The van der Waals surface area contributed by atoms with Gasteiger partial charge in [0.05, 0.1) is 5.02 Å². The van der Waals surface area contributed by atoms with Crippen molar-refractivity contribution in [3.05, 3.63) is 106 Å². The summed E-state index contributed by atoms with van der Waals surface area (Å²) in [6, 6.07) is 19.6. The van der Waals surface area contributed by atoms with Crippen molar-refractivity contribution in [2.45, 2.75) is 13.3 Å². The maximum absolute atomic E-state index is 13.7. The van der Waals surface area contributed by atoms with Gasteiger partial charge in [-0.25, -0.2) is 9.18 Å². The summed E-state index contributed by atoms with van der Waals surface area (Å²) in [7, 11) is 1.56. The van der Waals surface area contributed by atoms with E-state index >= 15 is 0 Å². The maximum atomic E-state index is 13.7. The lowest BCUT2D eigenvalue weighted by Crippen LogP contribution is -1.99. The molecule has 0 saturated heterocycles. The van der Waals surface area contributed by atoms with Crippen LogP contribution in [0.15, 0.2) is 72.8 Å². The summed E-state index contributed by atoms with van der Waals surface area (Å²) in [5.41, 5.74) is 5.28. The molecule has 33 heavy (non-hydrogen) atoms. The number of aliphatic carboxylic acids is 1. The number of carbonyl (C=O) groups is 1. The Labute approximate surface area is 197 Å². The third-order valence-corrected chi connectivity index (χ3v) is 5.33. The molecule has 1 N–H and O–H groups in total. The zero-order valence-corrected chi connectivity index (χ0v) is 19.1. The summed E-state index contributed by atoms with van der Waals surface area (Å²) in [6.45, 7) is 2.17. The first kappa shape index (κ1) is 24.2. The standard InChI is InChI=1S/C27H24ClFO4/c1-3-23(24-14-11-21(29)16-25(24)28)27(20-9-12-22(13-10-20)33-17-32-2)19-7-4-18(5-8-19)6-15-26(30)31/h4-16H,3,17H2,1-2H3,(H,30,31)/b15-6+,27-23+. The van der Waals surface area contributed by atoms with Crippen molar-refractivity contribution in [2.24, 2.45) is 0 Å². The predicted octanol–water partition coefficient (Wildman–Crippen LogP) is 6.93. The lowest BCUT2D eigenvalue weighted by Gasteiger charge is -2.18. The number of ether oxygens (including phenoxy) is 2. The minimum atomic E-state index is -1.00. The van der Waals surface area contributed by atoms with Gasteiger partial charge in [0.1, 0.15) is 11.6 Å². The molecule has 4 nitrogen and oxygen atoms in total. The van der Waals surface area contributed by atoms with Gasteiger partial charge in [0, 0.05) is 13.2 Å². The molecule has 0 fully saturated rings. The molecule has 3 rings (SSSR count). The molecule has 0 saturated carbocycles. The van der Waals surface area contributed by atoms with Gasteiger partial charge in [-0.2, -0.15) is 0 Å². The quantitative estimate of drug-likeness (QED) is 0.211. The van der Waals surface area contributed by atoms with Gasteiger partial charge in [-0.3, -0.25) is 0 Å².